The summed E-state index contributed by atoms with van der Waals surface area (Å²) >= 11 is 0. The maximum absolute atomic E-state index is 6.02. The maximum atomic E-state index is 6.02. The minimum atomic E-state index is -0.498. The van der Waals surface area contributed by atoms with Crippen molar-refractivity contribution in [1.82, 2.24) is 18.3 Å². The fourth-order valence-electron chi connectivity index (χ4n) is 16.5. The largest absolute Gasteiger partial charge is 0.359 e. The molecular formula is C92H64N6. The third kappa shape index (κ3) is 8.44. The van der Waals surface area contributed by atoms with E-state index in [2.05, 4.69) is 366 Å². The highest BCUT2D eigenvalue weighted by molar-refractivity contribution is 6.26. The molecule has 0 saturated heterocycles. The zero-order valence-corrected chi connectivity index (χ0v) is 54.4. The van der Waals surface area contributed by atoms with Gasteiger partial charge < -0.3 is 23.6 Å². The van der Waals surface area contributed by atoms with Crippen LogP contribution in [0.1, 0.15) is 49.2 Å². The van der Waals surface area contributed by atoms with E-state index in [1.54, 1.807) is 0 Å². The van der Waals surface area contributed by atoms with Crippen LogP contribution in [0, 0.1) is 0 Å². The number of nitrogens with one attached hydrogen (secondary N) is 1. The summed E-state index contributed by atoms with van der Waals surface area (Å²) in [4.78, 5) is 6.02. The number of hydrogen-bond acceptors (Lipinski definition) is 2. The number of aromatic nitrogens is 4. The number of rotatable bonds is 8. The van der Waals surface area contributed by atoms with Gasteiger partial charge in [0.1, 0.15) is 6.17 Å². The summed E-state index contributed by atoms with van der Waals surface area (Å²) in [5.74, 6) is 0. The first kappa shape index (κ1) is 55.9. The molecule has 0 radical (unpaired) electrons. The molecule has 4 aromatic heterocycles. The Morgan fingerprint density at radius 1 is 0.296 bits per heavy atom. The monoisotopic (exact) mass is 1250 g/mol. The van der Waals surface area contributed by atoms with Gasteiger partial charge >= 0.3 is 0 Å². The first-order chi connectivity index (χ1) is 48.3. The molecule has 462 valence electrons. The van der Waals surface area contributed by atoms with Crippen molar-refractivity contribution < 1.29 is 0 Å². The van der Waals surface area contributed by atoms with Crippen molar-refractivity contribution in [2.24, 2.45) is 4.99 Å². The molecule has 0 bridgehead atoms. The maximum Gasteiger partial charge on any atom is 0.145 e. The van der Waals surface area contributed by atoms with E-state index in [9.17, 15) is 0 Å². The molecule has 1 N–H and O–H groups in total. The number of hydrogen-bond donors (Lipinski definition) is 1. The number of aliphatic imine (C=N–C) groups is 1. The van der Waals surface area contributed by atoms with Gasteiger partial charge in [0.15, 0.2) is 0 Å². The molecule has 98 heavy (non-hydrogen) atoms. The smallest absolute Gasteiger partial charge is 0.145 e. The Morgan fingerprint density at radius 3 is 1.13 bits per heavy atom. The van der Waals surface area contributed by atoms with Gasteiger partial charge in [-0.1, -0.05) is 239 Å². The molecule has 1 aliphatic heterocycles. The van der Waals surface area contributed by atoms with Gasteiger partial charge in [0.25, 0.3) is 0 Å². The van der Waals surface area contributed by atoms with Crippen molar-refractivity contribution in [3.63, 3.8) is 0 Å². The van der Waals surface area contributed by atoms with Gasteiger partial charge in [-0.3, -0.25) is 4.99 Å². The van der Waals surface area contributed by atoms with E-state index < -0.39 is 6.17 Å². The lowest BCUT2D eigenvalue weighted by molar-refractivity contribution is 0.591. The lowest BCUT2D eigenvalue weighted by Crippen LogP contribution is -2.21. The second kappa shape index (κ2) is 21.5. The van der Waals surface area contributed by atoms with E-state index in [-0.39, 0.29) is 5.41 Å². The van der Waals surface area contributed by atoms with Crippen LogP contribution in [0.15, 0.2) is 327 Å². The highest BCUT2D eigenvalue weighted by Crippen LogP contribution is 2.48. The van der Waals surface area contributed by atoms with Crippen LogP contribution >= 0.6 is 0 Å². The highest BCUT2D eigenvalue weighted by Gasteiger charge is 2.29. The molecule has 0 fully saturated rings. The molecule has 20 rings (SSSR count). The highest BCUT2D eigenvalue weighted by atomic mass is 15.1. The molecule has 15 aromatic carbocycles. The third-order valence-electron chi connectivity index (χ3n) is 20.9. The lowest BCUT2D eigenvalue weighted by Gasteiger charge is -2.28. The Hall–Kier alpha value is -12.5. The summed E-state index contributed by atoms with van der Waals surface area (Å²) in [6.07, 6.45) is -0.498. The van der Waals surface area contributed by atoms with Gasteiger partial charge in [0.2, 0.25) is 0 Å². The molecule has 0 spiro atoms. The number of nitrogens with zero attached hydrogens (tertiary/aromatic N) is 5. The third-order valence-corrected chi connectivity index (χ3v) is 20.9. The molecule has 6 nitrogen and oxygen atoms in total. The van der Waals surface area contributed by atoms with Crippen molar-refractivity contribution in [2.45, 2.75) is 32.4 Å². The second-order valence-corrected chi connectivity index (χ2v) is 27.4. The van der Waals surface area contributed by atoms with E-state index in [0.717, 1.165) is 78.3 Å². The SMILES string of the molecule is CC(C)(C)c1ccc2cc(C3=NC(c4cc(-n5c6ccccc6c6c(-c7cccc8c7c7ccccc7n8-c7ccccc7)cccc65)cc(-n5c6ccccc6c6c(-c7cccc8c7c7ccccc7n8-c7ccccc7)cccc65)c4)Nc4ccc5ccccc5c43)ccc2c1. The molecule has 5 heterocycles. The van der Waals surface area contributed by atoms with Crippen LogP contribution in [-0.4, -0.2) is 24.0 Å². The van der Waals surface area contributed by atoms with Gasteiger partial charge in [0.05, 0.1) is 49.8 Å². The van der Waals surface area contributed by atoms with Crippen molar-refractivity contribution in [3.8, 4) is 45.0 Å². The fourth-order valence-corrected chi connectivity index (χ4v) is 16.5. The Labute approximate surface area is 566 Å². The summed E-state index contributed by atoms with van der Waals surface area (Å²) in [6, 6.07) is 119. The number of benzene rings is 15. The normalized spacial score (nSPS) is 13.5. The zero-order chi connectivity index (χ0) is 64.9. The lowest BCUT2D eigenvalue weighted by atomic mass is 9.85. The first-order valence-electron chi connectivity index (χ1n) is 34.0. The topological polar surface area (TPSA) is 44.1 Å². The van der Waals surface area contributed by atoms with E-state index in [1.165, 1.54) is 109 Å². The van der Waals surface area contributed by atoms with E-state index in [1.807, 2.05) is 0 Å². The summed E-state index contributed by atoms with van der Waals surface area (Å²) < 4.78 is 9.87. The van der Waals surface area contributed by atoms with Gasteiger partial charge in [-0.25, -0.2) is 0 Å². The molecule has 0 aliphatic carbocycles. The second-order valence-electron chi connectivity index (χ2n) is 27.4. The Balaban J connectivity index is 0.853. The van der Waals surface area contributed by atoms with Gasteiger partial charge in [-0.2, -0.15) is 0 Å². The molecule has 1 aliphatic rings. The first-order valence-corrected chi connectivity index (χ1v) is 34.0. The van der Waals surface area contributed by atoms with E-state index >= 15 is 0 Å². The molecule has 1 atom stereocenters. The average molecular weight is 1250 g/mol. The van der Waals surface area contributed by atoms with Crippen molar-refractivity contribution >= 4 is 120 Å². The predicted molar refractivity (Wildman–Crippen MR) is 413 cm³/mol. The Kier molecular flexibility index (Phi) is 12.3. The van der Waals surface area contributed by atoms with Crippen LogP contribution in [0.25, 0.3) is 154 Å². The number of anilines is 1. The van der Waals surface area contributed by atoms with Crippen molar-refractivity contribution in [1.29, 1.82) is 0 Å². The summed E-state index contributed by atoms with van der Waals surface area (Å²) in [6.45, 7) is 6.86. The molecule has 0 amide bonds. The summed E-state index contributed by atoms with van der Waals surface area (Å²) in [5.41, 5.74) is 24.8. The summed E-state index contributed by atoms with van der Waals surface area (Å²) in [5, 5.41) is 18.5. The number of fused-ring (bicyclic) bond motifs is 16. The van der Waals surface area contributed by atoms with Gasteiger partial charge in [-0.05, 0) is 158 Å². The van der Waals surface area contributed by atoms with Crippen LogP contribution in [0.2, 0.25) is 0 Å². The average Bonchev–Trinajstić information content (AvgIpc) is 1.54. The van der Waals surface area contributed by atoms with E-state index in [4.69, 9.17) is 4.99 Å². The standard InChI is InChI=1S/C92H64N6/c1-92(2,3)62-50-48-58-52-60(47-46-59(58)53-62)90-89-67-29-11-10-24-57(67)49-51-76(89)93-91(94-90)61-54-65(97-79-40-18-14-32-74(79)87-70(36-22-44-83(87)97)68-34-20-42-81-85(68)72-30-12-16-38-77(72)95(81)63-25-6-4-7-26-63)56-66(55-61)98-80-41-19-15-33-75(80)88-71(37-23-45-84(88)98)69-35-21-43-82-86(69)73-31-13-17-39-78(73)96(82)64-27-8-5-9-28-64/h4-56,91,93H,1-3H3. The zero-order valence-electron chi connectivity index (χ0n) is 54.4. The molecule has 0 saturated carbocycles. The van der Waals surface area contributed by atoms with Crippen LogP contribution in [0.5, 0.6) is 0 Å². The molecule has 6 heteroatoms. The molecule has 19 aromatic rings. The Bertz CT molecular complexity index is 6270. The van der Waals surface area contributed by atoms with Gasteiger partial charge in [-0.15, -0.1) is 0 Å². The Morgan fingerprint density at radius 2 is 0.673 bits per heavy atom. The molecule has 1 unspecified atom stereocenters. The number of para-hydroxylation sites is 6. The summed E-state index contributed by atoms with van der Waals surface area (Å²) in [7, 11) is 0. The van der Waals surface area contributed by atoms with Crippen LogP contribution in [-0.2, 0) is 5.41 Å². The van der Waals surface area contributed by atoms with E-state index in [0.29, 0.717) is 0 Å². The van der Waals surface area contributed by atoms with Gasteiger partial charge in [0, 0.05) is 88.2 Å². The van der Waals surface area contributed by atoms with Crippen LogP contribution < -0.4 is 5.32 Å². The quantitative estimate of drug-likeness (QED) is 0.162. The van der Waals surface area contributed by atoms with Crippen molar-refractivity contribution in [2.75, 3.05) is 5.32 Å². The fraction of sp³-hybridized carbons (Fsp3) is 0.0543. The predicted octanol–water partition coefficient (Wildman–Crippen LogP) is 24.0. The minimum Gasteiger partial charge on any atom is -0.359 e. The van der Waals surface area contributed by atoms with Crippen LogP contribution in [0.3, 0.4) is 0 Å². The van der Waals surface area contributed by atoms with Crippen molar-refractivity contribution in [3.05, 3.63) is 344 Å². The molecular weight excluding hydrogens is 1190 g/mol. The van der Waals surface area contributed by atoms with Crippen LogP contribution in [0.4, 0.5) is 5.69 Å². The minimum absolute atomic E-state index is 0.0216.